The molecule has 0 saturated carbocycles. The minimum Gasteiger partial charge on any atom is -0.310 e. The van der Waals surface area contributed by atoms with Gasteiger partial charge in [-0.3, -0.25) is 4.79 Å². The van der Waals surface area contributed by atoms with Crippen LogP contribution in [-0.2, 0) is 9.84 Å². The maximum Gasteiger partial charge on any atom is 0.254 e. The molecule has 0 spiro atoms. The summed E-state index contributed by atoms with van der Waals surface area (Å²) in [5, 5.41) is 0. The number of sulfone groups is 1. The Labute approximate surface area is 123 Å². The molecular formula is C15H16N2O3S. The molecule has 1 unspecified atom stereocenters. The summed E-state index contributed by atoms with van der Waals surface area (Å²) in [5.41, 5.74) is 1.83. The summed E-state index contributed by atoms with van der Waals surface area (Å²) in [6, 6.07) is 9.46. The Morgan fingerprint density at radius 3 is 2.57 bits per heavy atom. The third kappa shape index (κ3) is 2.76. The van der Waals surface area contributed by atoms with Crippen molar-refractivity contribution in [3.63, 3.8) is 0 Å². The Hall–Kier alpha value is -1.95. The van der Waals surface area contributed by atoms with E-state index in [4.69, 9.17) is 0 Å². The van der Waals surface area contributed by atoms with Crippen LogP contribution in [0.3, 0.4) is 0 Å². The van der Waals surface area contributed by atoms with Crippen LogP contribution in [0, 0.1) is 6.92 Å². The predicted molar refractivity (Wildman–Crippen MR) is 81.0 cm³/mol. The van der Waals surface area contributed by atoms with Crippen molar-refractivity contribution in [1.29, 1.82) is 0 Å². The number of H-pyrrole nitrogens is 1. The van der Waals surface area contributed by atoms with Crippen LogP contribution < -0.4 is 5.56 Å². The van der Waals surface area contributed by atoms with Gasteiger partial charge in [-0.05, 0) is 13.3 Å². The number of nitrogens with one attached hydrogen (secondary N) is 1. The van der Waals surface area contributed by atoms with Crippen molar-refractivity contribution in [3.05, 3.63) is 52.1 Å². The second-order valence-electron chi connectivity index (χ2n) is 5.39. The molecule has 1 aromatic heterocycles. The van der Waals surface area contributed by atoms with E-state index in [9.17, 15) is 13.2 Å². The number of aromatic amines is 1. The van der Waals surface area contributed by atoms with E-state index in [0.29, 0.717) is 23.5 Å². The van der Waals surface area contributed by atoms with E-state index in [1.165, 1.54) is 0 Å². The van der Waals surface area contributed by atoms with Gasteiger partial charge < -0.3 is 4.98 Å². The Bertz CT molecular complexity index is 826. The molecule has 21 heavy (non-hydrogen) atoms. The molecule has 3 rings (SSSR count). The largest absolute Gasteiger partial charge is 0.310 e. The van der Waals surface area contributed by atoms with Gasteiger partial charge in [0, 0.05) is 17.0 Å². The average Bonchev–Trinajstić information content (AvgIpc) is 2.83. The first kappa shape index (κ1) is 14.0. The molecule has 2 heterocycles. The number of benzene rings is 1. The molecule has 110 valence electrons. The van der Waals surface area contributed by atoms with Crippen LogP contribution in [0.2, 0.25) is 0 Å². The lowest BCUT2D eigenvalue weighted by molar-refractivity contribution is 0.601. The van der Waals surface area contributed by atoms with E-state index in [2.05, 4.69) is 9.97 Å². The van der Waals surface area contributed by atoms with Gasteiger partial charge in [-0.15, -0.1) is 0 Å². The first-order valence-electron chi connectivity index (χ1n) is 6.83. The fourth-order valence-corrected chi connectivity index (χ4v) is 4.38. The minimum absolute atomic E-state index is 0.0627. The molecule has 1 aliphatic heterocycles. The third-order valence-corrected chi connectivity index (χ3v) is 5.60. The Kier molecular flexibility index (Phi) is 3.41. The SMILES string of the molecule is Cc1c(-c2ccccc2)nc(C2CCS(=O)(=O)C2)[nH]c1=O. The van der Waals surface area contributed by atoms with Gasteiger partial charge in [0.15, 0.2) is 9.84 Å². The average molecular weight is 304 g/mol. The summed E-state index contributed by atoms with van der Waals surface area (Å²) in [7, 11) is -3.01. The maximum absolute atomic E-state index is 12.1. The zero-order valence-electron chi connectivity index (χ0n) is 11.7. The number of hydrogen-bond acceptors (Lipinski definition) is 4. The maximum atomic E-state index is 12.1. The Balaban J connectivity index is 2.09. The fourth-order valence-electron chi connectivity index (χ4n) is 2.63. The van der Waals surface area contributed by atoms with Gasteiger partial charge in [0.25, 0.3) is 5.56 Å². The first-order valence-corrected chi connectivity index (χ1v) is 8.65. The smallest absolute Gasteiger partial charge is 0.254 e. The molecule has 1 aliphatic rings. The summed E-state index contributed by atoms with van der Waals surface area (Å²) in [6.07, 6.45) is 0.516. The molecule has 1 atom stereocenters. The number of aromatic nitrogens is 2. The summed E-state index contributed by atoms with van der Waals surface area (Å²) in [4.78, 5) is 19.4. The molecule has 1 N–H and O–H groups in total. The highest BCUT2D eigenvalue weighted by Crippen LogP contribution is 2.28. The van der Waals surface area contributed by atoms with Crippen LogP contribution in [0.5, 0.6) is 0 Å². The number of nitrogens with zero attached hydrogens (tertiary/aromatic N) is 1. The molecule has 0 bridgehead atoms. The first-order chi connectivity index (χ1) is 9.96. The van der Waals surface area contributed by atoms with Crippen LogP contribution in [0.15, 0.2) is 35.1 Å². The van der Waals surface area contributed by atoms with Crippen LogP contribution in [-0.4, -0.2) is 29.9 Å². The van der Waals surface area contributed by atoms with Gasteiger partial charge in [-0.25, -0.2) is 13.4 Å². The second-order valence-corrected chi connectivity index (χ2v) is 7.62. The van der Waals surface area contributed by atoms with Crippen molar-refractivity contribution in [2.24, 2.45) is 0 Å². The molecule has 6 heteroatoms. The quantitative estimate of drug-likeness (QED) is 0.915. The standard InChI is InChI=1S/C15H16N2O3S/c1-10-13(11-5-3-2-4-6-11)16-14(17-15(10)18)12-7-8-21(19,20)9-12/h2-6,12H,7-9H2,1H3,(H,16,17,18). The fraction of sp³-hybridized carbons (Fsp3) is 0.333. The highest BCUT2D eigenvalue weighted by atomic mass is 32.2. The van der Waals surface area contributed by atoms with E-state index in [1.807, 2.05) is 30.3 Å². The van der Waals surface area contributed by atoms with E-state index < -0.39 is 9.84 Å². The van der Waals surface area contributed by atoms with Gasteiger partial charge in [0.2, 0.25) is 0 Å². The van der Waals surface area contributed by atoms with Crippen LogP contribution in [0.1, 0.15) is 23.7 Å². The highest BCUT2D eigenvalue weighted by Gasteiger charge is 2.31. The third-order valence-electron chi connectivity index (χ3n) is 3.84. The molecular weight excluding hydrogens is 288 g/mol. The topological polar surface area (TPSA) is 79.9 Å². The highest BCUT2D eigenvalue weighted by molar-refractivity contribution is 7.91. The van der Waals surface area contributed by atoms with Crippen molar-refractivity contribution in [2.75, 3.05) is 11.5 Å². The predicted octanol–water partition coefficient (Wildman–Crippen LogP) is 1.65. The lowest BCUT2D eigenvalue weighted by Gasteiger charge is -2.11. The lowest BCUT2D eigenvalue weighted by Crippen LogP contribution is -2.19. The van der Waals surface area contributed by atoms with Crippen molar-refractivity contribution in [2.45, 2.75) is 19.3 Å². The summed E-state index contributed by atoms with van der Waals surface area (Å²) in [5.74, 6) is 0.486. The molecule has 1 saturated heterocycles. The molecule has 5 nitrogen and oxygen atoms in total. The summed E-state index contributed by atoms with van der Waals surface area (Å²) < 4.78 is 23.2. The normalized spacial score (nSPS) is 20.5. The lowest BCUT2D eigenvalue weighted by atomic mass is 10.1. The van der Waals surface area contributed by atoms with E-state index >= 15 is 0 Å². The molecule has 0 amide bonds. The Morgan fingerprint density at radius 1 is 1.24 bits per heavy atom. The zero-order chi connectivity index (χ0) is 15.0. The minimum atomic E-state index is -3.01. The summed E-state index contributed by atoms with van der Waals surface area (Å²) >= 11 is 0. The van der Waals surface area contributed by atoms with Gasteiger partial charge in [-0.2, -0.15) is 0 Å². The van der Waals surface area contributed by atoms with Crippen molar-refractivity contribution in [1.82, 2.24) is 9.97 Å². The second kappa shape index (κ2) is 5.11. The van der Waals surface area contributed by atoms with Crippen molar-refractivity contribution in [3.8, 4) is 11.3 Å². The van der Waals surface area contributed by atoms with Gasteiger partial charge in [0.1, 0.15) is 5.82 Å². The molecule has 1 fully saturated rings. The molecule has 0 aliphatic carbocycles. The van der Waals surface area contributed by atoms with Crippen molar-refractivity contribution < 1.29 is 8.42 Å². The van der Waals surface area contributed by atoms with Crippen LogP contribution in [0.4, 0.5) is 0 Å². The van der Waals surface area contributed by atoms with Gasteiger partial charge >= 0.3 is 0 Å². The van der Waals surface area contributed by atoms with Crippen LogP contribution in [0.25, 0.3) is 11.3 Å². The summed E-state index contributed by atoms with van der Waals surface area (Å²) in [6.45, 7) is 1.73. The van der Waals surface area contributed by atoms with Crippen LogP contribution >= 0.6 is 0 Å². The molecule has 0 radical (unpaired) electrons. The van der Waals surface area contributed by atoms with E-state index in [0.717, 1.165) is 5.56 Å². The van der Waals surface area contributed by atoms with E-state index in [-0.39, 0.29) is 23.0 Å². The van der Waals surface area contributed by atoms with Gasteiger partial charge in [0.05, 0.1) is 17.2 Å². The van der Waals surface area contributed by atoms with Gasteiger partial charge in [-0.1, -0.05) is 30.3 Å². The van der Waals surface area contributed by atoms with Crippen molar-refractivity contribution >= 4 is 9.84 Å². The number of rotatable bonds is 2. The monoisotopic (exact) mass is 304 g/mol. The molecule has 2 aromatic rings. The Morgan fingerprint density at radius 2 is 1.95 bits per heavy atom. The zero-order valence-corrected chi connectivity index (χ0v) is 12.5. The molecule has 1 aromatic carbocycles. The van der Waals surface area contributed by atoms with E-state index in [1.54, 1.807) is 6.92 Å². The number of hydrogen-bond donors (Lipinski definition) is 1.